The maximum absolute atomic E-state index is 10.3. The van der Waals surface area contributed by atoms with E-state index in [9.17, 15) is 4.79 Å². The standard InChI is InChI=1S/C8H9BrN2O2/c9-5-1-2-7(11-4-5)6(10)3-8(12)13/h1-2,4,6H,3,10H2,(H,12,13). The molecule has 1 atom stereocenters. The summed E-state index contributed by atoms with van der Waals surface area (Å²) in [4.78, 5) is 14.3. The van der Waals surface area contributed by atoms with Crippen LogP contribution < -0.4 is 5.73 Å². The van der Waals surface area contributed by atoms with Gasteiger partial charge in [-0.3, -0.25) is 9.78 Å². The van der Waals surface area contributed by atoms with Crippen LogP contribution in [0.4, 0.5) is 0 Å². The van der Waals surface area contributed by atoms with Crippen LogP contribution in [0.2, 0.25) is 0 Å². The van der Waals surface area contributed by atoms with Gasteiger partial charge >= 0.3 is 5.97 Å². The largest absolute Gasteiger partial charge is 0.481 e. The molecule has 1 rings (SSSR count). The molecule has 1 heterocycles. The van der Waals surface area contributed by atoms with Crippen LogP contribution in [-0.4, -0.2) is 16.1 Å². The lowest BCUT2D eigenvalue weighted by molar-refractivity contribution is -0.137. The van der Waals surface area contributed by atoms with Crippen LogP contribution in [0.5, 0.6) is 0 Å². The quantitative estimate of drug-likeness (QED) is 0.841. The van der Waals surface area contributed by atoms with Crippen molar-refractivity contribution in [1.82, 2.24) is 4.98 Å². The second-order valence-corrected chi connectivity index (χ2v) is 3.52. The van der Waals surface area contributed by atoms with Crippen LogP contribution in [0.25, 0.3) is 0 Å². The monoisotopic (exact) mass is 244 g/mol. The van der Waals surface area contributed by atoms with Crippen LogP contribution in [0.1, 0.15) is 18.2 Å². The van der Waals surface area contributed by atoms with Gasteiger partial charge < -0.3 is 10.8 Å². The van der Waals surface area contributed by atoms with E-state index in [-0.39, 0.29) is 6.42 Å². The summed E-state index contributed by atoms with van der Waals surface area (Å²) in [6.45, 7) is 0. The highest BCUT2D eigenvalue weighted by atomic mass is 79.9. The number of hydrogen-bond acceptors (Lipinski definition) is 3. The SMILES string of the molecule is NC(CC(=O)O)c1ccc(Br)cn1. The van der Waals surface area contributed by atoms with Gasteiger partial charge in [0.1, 0.15) is 0 Å². The molecule has 3 N–H and O–H groups in total. The second-order valence-electron chi connectivity index (χ2n) is 2.61. The van der Waals surface area contributed by atoms with Crippen molar-refractivity contribution < 1.29 is 9.90 Å². The summed E-state index contributed by atoms with van der Waals surface area (Å²) < 4.78 is 0.846. The first kappa shape index (κ1) is 10.1. The van der Waals surface area contributed by atoms with E-state index in [0.717, 1.165) is 4.47 Å². The Morgan fingerprint density at radius 2 is 2.38 bits per heavy atom. The molecule has 0 aromatic carbocycles. The Morgan fingerprint density at radius 3 is 2.85 bits per heavy atom. The van der Waals surface area contributed by atoms with Crippen molar-refractivity contribution in [2.24, 2.45) is 5.73 Å². The molecule has 0 aliphatic heterocycles. The summed E-state index contributed by atoms with van der Waals surface area (Å²) in [6, 6.07) is 2.95. The Hall–Kier alpha value is -0.940. The average Bonchev–Trinajstić information content (AvgIpc) is 2.04. The predicted molar refractivity (Wildman–Crippen MR) is 51.1 cm³/mol. The number of rotatable bonds is 3. The zero-order valence-corrected chi connectivity index (χ0v) is 8.36. The molecule has 0 aliphatic rings. The van der Waals surface area contributed by atoms with Crippen molar-refractivity contribution in [2.45, 2.75) is 12.5 Å². The highest BCUT2D eigenvalue weighted by Crippen LogP contribution is 2.14. The van der Waals surface area contributed by atoms with Crippen molar-refractivity contribution >= 4 is 21.9 Å². The molecule has 0 fully saturated rings. The van der Waals surface area contributed by atoms with Gasteiger partial charge in [-0.15, -0.1) is 0 Å². The molecule has 0 saturated heterocycles. The molecule has 13 heavy (non-hydrogen) atoms. The molecular weight excluding hydrogens is 236 g/mol. The number of nitrogens with zero attached hydrogens (tertiary/aromatic N) is 1. The number of halogens is 1. The fourth-order valence-electron chi connectivity index (χ4n) is 0.899. The molecule has 4 nitrogen and oxygen atoms in total. The molecule has 70 valence electrons. The van der Waals surface area contributed by atoms with Crippen molar-refractivity contribution in [3.05, 3.63) is 28.5 Å². The molecule has 1 aromatic heterocycles. The summed E-state index contributed by atoms with van der Waals surface area (Å²) in [5, 5.41) is 8.48. The topological polar surface area (TPSA) is 76.2 Å². The third-order valence-corrected chi connectivity index (χ3v) is 1.99. The van der Waals surface area contributed by atoms with Crippen molar-refractivity contribution in [2.75, 3.05) is 0 Å². The predicted octanol–water partition coefficient (Wildman–Crippen LogP) is 1.32. The number of aromatic nitrogens is 1. The van der Waals surface area contributed by atoms with Crippen LogP contribution in [0.3, 0.4) is 0 Å². The lowest BCUT2D eigenvalue weighted by Gasteiger charge is -2.07. The molecule has 1 aromatic rings. The summed E-state index contributed by atoms with van der Waals surface area (Å²) in [5.41, 5.74) is 6.18. The molecule has 0 radical (unpaired) electrons. The number of carboxylic acid groups (broad SMARTS) is 1. The van der Waals surface area contributed by atoms with E-state index < -0.39 is 12.0 Å². The van der Waals surface area contributed by atoms with Gasteiger partial charge in [-0.2, -0.15) is 0 Å². The minimum atomic E-state index is -0.919. The molecule has 0 bridgehead atoms. The lowest BCUT2D eigenvalue weighted by Crippen LogP contribution is -2.16. The Labute approximate surface area is 83.9 Å². The van der Waals surface area contributed by atoms with Gasteiger partial charge in [-0.1, -0.05) is 0 Å². The molecule has 0 saturated carbocycles. The van der Waals surface area contributed by atoms with Gasteiger partial charge in [-0.25, -0.2) is 0 Å². The maximum Gasteiger partial charge on any atom is 0.305 e. The third kappa shape index (κ3) is 3.12. The number of carbonyl (C=O) groups is 1. The fourth-order valence-corrected chi connectivity index (χ4v) is 1.13. The first-order valence-corrected chi connectivity index (χ1v) is 4.47. The Morgan fingerprint density at radius 1 is 1.69 bits per heavy atom. The number of nitrogens with two attached hydrogens (primary N) is 1. The zero-order chi connectivity index (χ0) is 9.84. The summed E-state index contributed by atoms with van der Waals surface area (Å²) in [5.74, 6) is -0.919. The highest BCUT2D eigenvalue weighted by Gasteiger charge is 2.11. The van der Waals surface area contributed by atoms with Crippen LogP contribution >= 0.6 is 15.9 Å². The molecule has 5 heteroatoms. The molecular formula is C8H9BrN2O2. The maximum atomic E-state index is 10.3. The number of pyridine rings is 1. The minimum Gasteiger partial charge on any atom is -0.481 e. The normalized spacial score (nSPS) is 12.5. The zero-order valence-electron chi connectivity index (χ0n) is 6.77. The lowest BCUT2D eigenvalue weighted by atomic mass is 10.1. The van der Waals surface area contributed by atoms with E-state index >= 15 is 0 Å². The Bertz CT molecular complexity index is 300. The van der Waals surface area contributed by atoms with E-state index in [1.807, 2.05) is 0 Å². The third-order valence-electron chi connectivity index (χ3n) is 1.52. The molecule has 1 unspecified atom stereocenters. The van der Waals surface area contributed by atoms with Gasteiger partial charge in [0.25, 0.3) is 0 Å². The Balaban J connectivity index is 2.71. The van der Waals surface area contributed by atoms with Gasteiger partial charge in [-0.05, 0) is 28.1 Å². The van der Waals surface area contributed by atoms with Gasteiger partial charge in [0.2, 0.25) is 0 Å². The Kier molecular flexibility index (Phi) is 3.39. The minimum absolute atomic E-state index is 0.103. The van der Waals surface area contributed by atoms with Crippen LogP contribution in [0, 0.1) is 0 Å². The van der Waals surface area contributed by atoms with Crippen LogP contribution in [0.15, 0.2) is 22.8 Å². The van der Waals surface area contributed by atoms with E-state index in [0.29, 0.717) is 5.69 Å². The fraction of sp³-hybridized carbons (Fsp3) is 0.250. The van der Waals surface area contributed by atoms with Crippen molar-refractivity contribution in [3.63, 3.8) is 0 Å². The first-order chi connectivity index (χ1) is 6.09. The smallest absolute Gasteiger partial charge is 0.305 e. The van der Waals surface area contributed by atoms with Crippen LogP contribution in [-0.2, 0) is 4.79 Å². The number of hydrogen-bond donors (Lipinski definition) is 2. The van der Waals surface area contributed by atoms with E-state index in [1.165, 1.54) is 0 Å². The van der Waals surface area contributed by atoms with Gasteiger partial charge in [0.05, 0.1) is 18.2 Å². The average molecular weight is 245 g/mol. The second kappa shape index (κ2) is 4.34. The molecule has 0 aliphatic carbocycles. The summed E-state index contributed by atoms with van der Waals surface area (Å²) in [6.07, 6.45) is 1.49. The molecule has 0 spiro atoms. The summed E-state index contributed by atoms with van der Waals surface area (Å²) >= 11 is 3.23. The number of carboxylic acids is 1. The summed E-state index contributed by atoms with van der Waals surface area (Å²) in [7, 11) is 0. The number of aliphatic carboxylic acids is 1. The van der Waals surface area contributed by atoms with E-state index in [4.69, 9.17) is 10.8 Å². The highest BCUT2D eigenvalue weighted by molar-refractivity contribution is 9.10. The van der Waals surface area contributed by atoms with E-state index in [1.54, 1.807) is 18.3 Å². The van der Waals surface area contributed by atoms with Gasteiger partial charge in [0, 0.05) is 10.7 Å². The van der Waals surface area contributed by atoms with E-state index in [2.05, 4.69) is 20.9 Å². The first-order valence-electron chi connectivity index (χ1n) is 3.68. The van der Waals surface area contributed by atoms with Gasteiger partial charge in [0.15, 0.2) is 0 Å². The van der Waals surface area contributed by atoms with Crippen molar-refractivity contribution in [1.29, 1.82) is 0 Å². The van der Waals surface area contributed by atoms with Crippen molar-refractivity contribution in [3.8, 4) is 0 Å². The molecule has 0 amide bonds.